The summed E-state index contributed by atoms with van der Waals surface area (Å²) in [5.41, 5.74) is 6.03. The molecule has 13 heavy (non-hydrogen) atoms. The monoisotopic (exact) mass is 185 g/mol. The molecule has 0 amide bonds. The number of phenolic OH excluding ortho intramolecular Hbond substituents is 2. The van der Waals surface area contributed by atoms with Gasteiger partial charge in [0.1, 0.15) is 11.5 Å². The molecule has 0 aromatic heterocycles. The van der Waals surface area contributed by atoms with Gasteiger partial charge in [0.2, 0.25) is 0 Å². The fourth-order valence-corrected chi connectivity index (χ4v) is 1.12. The minimum atomic E-state index is -0.526. The maximum atomic E-state index is 11.9. The maximum Gasteiger partial charge on any atom is 0.124 e. The summed E-state index contributed by atoms with van der Waals surface area (Å²) in [4.78, 5) is 0. The molecule has 0 heterocycles. The van der Waals surface area contributed by atoms with Gasteiger partial charge in [-0.3, -0.25) is 4.39 Å². The first-order valence-electron chi connectivity index (χ1n) is 3.98. The van der Waals surface area contributed by atoms with Gasteiger partial charge in [-0.25, -0.2) is 0 Å². The number of phenols is 2. The first-order chi connectivity index (χ1) is 6.15. The molecule has 0 fully saturated rings. The quantitative estimate of drug-likeness (QED) is 0.667. The second kappa shape index (κ2) is 4.09. The number of hydrogen-bond donors (Lipinski definition) is 3. The summed E-state index contributed by atoms with van der Waals surface area (Å²) in [5, 5.41) is 18.3. The van der Waals surface area contributed by atoms with Crippen molar-refractivity contribution in [1.29, 1.82) is 0 Å². The lowest BCUT2D eigenvalue weighted by atomic mass is 10.0. The van der Waals surface area contributed by atoms with E-state index in [9.17, 15) is 9.50 Å². The third kappa shape index (κ3) is 2.32. The summed E-state index contributed by atoms with van der Waals surface area (Å²) in [5.74, 6) is -0.130. The fraction of sp³-hybridized carbons (Fsp3) is 0.333. The molecule has 0 saturated carbocycles. The smallest absolute Gasteiger partial charge is 0.124 e. The third-order valence-corrected chi connectivity index (χ3v) is 1.83. The van der Waals surface area contributed by atoms with Gasteiger partial charge in [0.05, 0.1) is 6.67 Å². The van der Waals surface area contributed by atoms with Crippen LogP contribution in [0.5, 0.6) is 11.5 Å². The first kappa shape index (κ1) is 9.80. The van der Waals surface area contributed by atoms with Crippen LogP contribution < -0.4 is 5.73 Å². The van der Waals surface area contributed by atoms with Crippen molar-refractivity contribution >= 4 is 0 Å². The van der Waals surface area contributed by atoms with E-state index in [1.807, 2.05) is 0 Å². The highest BCUT2D eigenvalue weighted by Gasteiger charge is 2.10. The highest BCUT2D eigenvalue weighted by atomic mass is 19.1. The molecule has 4 N–H and O–H groups in total. The number of halogens is 1. The van der Waals surface area contributed by atoms with Crippen molar-refractivity contribution in [3.05, 3.63) is 23.8 Å². The Kier molecular flexibility index (Phi) is 3.08. The molecule has 0 aliphatic heterocycles. The predicted molar refractivity (Wildman–Crippen MR) is 47.3 cm³/mol. The number of benzene rings is 1. The molecule has 0 radical (unpaired) electrons. The summed E-state index contributed by atoms with van der Waals surface area (Å²) in [6.45, 7) is -0.526. The molecule has 0 spiro atoms. The van der Waals surface area contributed by atoms with E-state index in [1.54, 1.807) is 0 Å². The topological polar surface area (TPSA) is 66.5 Å². The van der Waals surface area contributed by atoms with Gasteiger partial charge in [-0.15, -0.1) is 0 Å². The van der Waals surface area contributed by atoms with Crippen molar-refractivity contribution in [2.75, 3.05) is 6.67 Å². The predicted octanol–water partition coefficient (Wildman–Crippen LogP) is 1.46. The SMILES string of the molecule is N[C@@H](CCF)c1ccc(O)cc1O. The molecule has 1 rings (SSSR count). The molecule has 0 unspecified atom stereocenters. The van der Waals surface area contributed by atoms with Crippen LogP contribution in [0.15, 0.2) is 18.2 Å². The van der Waals surface area contributed by atoms with E-state index in [1.165, 1.54) is 18.2 Å². The number of aromatic hydroxyl groups is 2. The number of hydrogen-bond acceptors (Lipinski definition) is 3. The zero-order chi connectivity index (χ0) is 9.84. The molecule has 1 atom stereocenters. The number of rotatable bonds is 3. The maximum absolute atomic E-state index is 11.9. The Morgan fingerprint density at radius 2 is 2.08 bits per heavy atom. The van der Waals surface area contributed by atoms with Crippen LogP contribution in [-0.4, -0.2) is 16.9 Å². The minimum absolute atomic E-state index is 0.0336. The molecule has 0 aliphatic rings. The van der Waals surface area contributed by atoms with Crippen molar-refractivity contribution in [2.45, 2.75) is 12.5 Å². The molecular formula is C9H12FNO2. The zero-order valence-electron chi connectivity index (χ0n) is 7.07. The second-order valence-electron chi connectivity index (χ2n) is 2.83. The molecule has 3 nitrogen and oxygen atoms in total. The minimum Gasteiger partial charge on any atom is -0.508 e. The second-order valence-corrected chi connectivity index (χ2v) is 2.83. The average molecular weight is 185 g/mol. The van der Waals surface area contributed by atoms with E-state index >= 15 is 0 Å². The summed E-state index contributed by atoms with van der Waals surface area (Å²) in [6, 6.07) is 3.57. The Morgan fingerprint density at radius 1 is 1.38 bits per heavy atom. The van der Waals surface area contributed by atoms with E-state index in [0.29, 0.717) is 5.56 Å². The van der Waals surface area contributed by atoms with E-state index in [0.717, 1.165) is 0 Å². The third-order valence-electron chi connectivity index (χ3n) is 1.83. The summed E-state index contributed by atoms with van der Waals surface area (Å²) in [6.07, 6.45) is 0.165. The molecule has 4 heteroatoms. The van der Waals surface area contributed by atoms with Crippen molar-refractivity contribution in [2.24, 2.45) is 5.73 Å². The van der Waals surface area contributed by atoms with Crippen LogP contribution in [0, 0.1) is 0 Å². The first-order valence-corrected chi connectivity index (χ1v) is 3.98. The Bertz CT molecular complexity index is 291. The van der Waals surface area contributed by atoms with Crippen LogP contribution in [0.4, 0.5) is 4.39 Å². The van der Waals surface area contributed by atoms with Gasteiger partial charge >= 0.3 is 0 Å². The Labute approximate surface area is 75.6 Å². The van der Waals surface area contributed by atoms with Crippen molar-refractivity contribution < 1.29 is 14.6 Å². The fourth-order valence-electron chi connectivity index (χ4n) is 1.12. The lowest BCUT2D eigenvalue weighted by Gasteiger charge is -2.11. The van der Waals surface area contributed by atoms with Crippen LogP contribution in [0.3, 0.4) is 0 Å². The Morgan fingerprint density at radius 3 is 2.62 bits per heavy atom. The van der Waals surface area contributed by atoms with E-state index < -0.39 is 12.7 Å². The average Bonchev–Trinajstić information content (AvgIpc) is 2.04. The molecule has 72 valence electrons. The van der Waals surface area contributed by atoms with Gasteiger partial charge in [-0.2, -0.15) is 0 Å². The zero-order valence-corrected chi connectivity index (χ0v) is 7.07. The molecular weight excluding hydrogens is 173 g/mol. The molecule has 0 aliphatic carbocycles. The van der Waals surface area contributed by atoms with Crippen LogP contribution in [0.2, 0.25) is 0 Å². The number of nitrogens with two attached hydrogens (primary N) is 1. The highest BCUT2D eigenvalue weighted by molar-refractivity contribution is 5.40. The van der Waals surface area contributed by atoms with Crippen molar-refractivity contribution in [1.82, 2.24) is 0 Å². The van der Waals surface area contributed by atoms with Gasteiger partial charge in [0.25, 0.3) is 0 Å². The van der Waals surface area contributed by atoms with Gasteiger partial charge in [0, 0.05) is 17.7 Å². The molecule has 0 bridgehead atoms. The Hall–Kier alpha value is -1.29. The van der Waals surface area contributed by atoms with Gasteiger partial charge in [-0.05, 0) is 12.5 Å². The highest BCUT2D eigenvalue weighted by Crippen LogP contribution is 2.28. The number of alkyl halides is 1. The molecule has 0 saturated heterocycles. The van der Waals surface area contributed by atoms with Crippen LogP contribution in [0.1, 0.15) is 18.0 Å². The van der Waals surface area contributed by atoms with Crippen molar-refractivity contribution in [3.8, 4) is 11.5 Å². The van der Waals surface area contributed by atoms with Crippen LogP contribution >= 0.6 is 0 Å². The van der Waals surface area contributed by atoms with Crippen molar-refractivity contribution in [3.63, 3.8) is 0 Å². The van der Waals surface area contributed by atoms with Gasteiger partial charge in [0.15, 0.2) is 0 Å². The normalized spacial score (nSPS) is 12.8. The van der Waals surface area contributed by atoms with Crippen LogP contribution in [0.25, 0.3) is 0 Å². The van der Waals surface area contributed by atoms with E-state index in [2.05, 4.69) is 0 Å². The van der Waals surface area contributed by atoms with Gasteiger partial charge in [-0.1, -0.05) is 6.07 Å². The largest absolute Gasteiger partial charge is 0.508 e. The standard InChI is InChI=1S/C9H12FNO2/c10-4-3-8(11)7-2-1-6(12)5-9(7)13/h1-2,5,8,12-13H,3-4,11H2/t8-/m0/s1. The molecule has 1 aromatic rings. The summed E-state index contributed by atoms with van der Waals surface area (Å²) in [7, 11) is 0. The summed E-state index contributed by atoms with van der Waals surface area (Å²) >= 11 is 0. The Balaban J connectivity index is 2.88. The van der Waals surface area contributed by atoms with Crippen LogP contribution in [-0.2, 0) is 0 Å². The lowest BCUT2D eigenvalue weighted by Crippen LogP contribution is -2.10. The summed E-state index contributed by atoms with van der Waals surface area (Å²) < 4.78 is 11.9. The lowest BCUT2D eigenvalue weighted by molar-refractivity contribution is 0.419. The van der Waals surface area contributed by atoms with E-state index in [-0.39, 0.29) is 17.9 Å². The molecule has 1 aromatic carbocycles. The van der Waals surface area contributed by atoms with Gasteiger partial charge < -0.3 is 15.9 Å². The van der Waals surface area contributed by atoms with E-state index in [4.69, 9.17) is 10.8 Å².